The molecule has 160 valence electrons. The summed E-state index contributed by atoms with van der Waals surface area (Å²) in [7, 11) is 0. The second-order valence-corrected chi connectivity index (χ2v) is 6.88. The van der Waals surface area contributed by atoms with Crippen molar-refractivity contribution < 1.29 is 29.4 Å². The van der Waals surface area contributed by atoms with E-state index in [9.17, 15) is 19.2 Å². The third-order valence-corrected chi connectivity index (χ3v) is 4.19. The number of aliphatic carboxylic acids is 2. The molecule has 0 spiro atoms. The van der Waals surface area contributed by atoms with Crippen molar-refractivity contribution in [3.05, 3.63) is 0 Å². The highest BCUT2D eigenvalue weighted by atomic mass is 32.2. The first-order valence-electron chi connectivity index (χ1n) is 8.43. The van der Waals surface area contributed by atoms with E-state index in [0.717, 1.165) is 0 Å². The summed E-state index contributed by atoms with van der Waals surface area (Å²) in [5.41, 5.74) is 16.2. The Morgan fingerprint density at radius 2 is 1.64 bits per heavy atom. The lowest BCUT2D eigenvalue weighted by Crippen LogP contribution is -2.54. The molecule has 12 nitrogen and oxygen atoms in total. The summed E-state index contributed by atoms with van der Waals surface area (Å²) < 4.78 is 0. The van der Waals surface area contributed by atoms with Gasteiger partial charge in [-0.25, -0.2) is 4.79 Å². The molecule has 0 saturated carbocycles. The van der Waals surface area contributed by atoms with Gasteiger partial charge < -0.3 is 38.0 Å². The lowest BCUT2D eigenvalue weighted by atomic mass is 10.1. The maximum Gasteiger partial charge on any atom is 0.326 e. The highest BCUT2D eigenvalue weighted by Gasteiger charge is 2.28. The number of amides is 2. The first kappa shape index (κ1) is 25.5. The van der Waals surface area contributed by atoms with E-state index in [-0.39, 0.29) is 18.8 Å². The van der Waals surface area contributed by atoms with Crippen molar-refractivity contribution in [3.63, 3.8) is 0 Å². The summed E-state index contributed by atoms with van der Waals surface area (Å²) in [4.78, 5) is 50.2. The molecule has 0 heterocycles. The number of nitrogens with zero attached hydrogens (tertiary/aromatic N) is 1. The van der Waals surface area contributed by atoms with Crippen LogP contribution in [-0.4, -0.2) is 76.6 Å². The van der Waals surface area contributed by atoms with E-state index in [2.05, 4.69) is 15.6 Å². The van der Waals surface area contributed by atoms with Crippen molar-refractivity contribution in [2.75, 3.05) is 18.6 Å². The molecule has 0 rings (SSSR count). The number of hydrogen-bond donors (Lipinski definition) is 7. The van der Waals surface area contributed by atoms with Crippen LogP contribution in [0.15, 0.2) is 4.99 Å². The topological polar surface area (TPSA) is 223 Å². The molecule has 0 aromatic rings. The van der Waals surface area contributed by atoms with Crippen molar-refractivity contribution in [1.29, 1.82) is 0 Å². The van der Waals surface area contributed by atoms with Gasteiger partial charge in [0.05, 0.1) is 12.5 Å². The van der Waals surface area contributed by atoms with Gasteiger partial charge in [-0.1, -0.05) is 0 Å². The Balaban J connectivity index is 4.87. The molecule has 0 fully saturated rings. The number of carbonyl (C=O) groups is 4. The van der Waals surface area contributed by atoms with Crippen molar-refractivity contribution in [3.8, 4) is 0 Å². The van der Waals surface area contributed by atoms with Gasteiger partial charge in [0.25, 0.3) is 0 Å². The predicted molar refractivity (Wildman–Crippen MR) is 105 cm³/mol. The number of aliphatic imine (C=N–C) groups is 1. The van der Waals surface area contributed by atoms with E-state index in [1.165, 1.54) is 11.8 Å². The number of guanidine groups is 1. The molecule has 0 radical (unpaired) electrons. The number of nitrogens with one attached hydrogen (secondary N) is 2. The number of rotatable bonds is 14. The van der Waals surface area contributed by atoms with Crippen LogP contribution in [0.5, 0.6) is 0 Å². The fourth-order valence-corrected chi connectivity index (χ4v) is 2.55. The number of nitrogens with two attached hydrogens (primary N) is 3. The third-order valence-electron chi connectivity index (χ3n) is 3.54. The molecule has 13 heteroatoms. The van der Waals surface area contributed by atoms with Gasteiger partial charge in [-0.3, -0.25) is 19.4 Å². The van der Waals surface area contributed by atoms with Crippen LogP contribution in [0.25, 0.3) is 0 Å². The van der Waals surface area contributed by atoms with Crippen LogP contribution in [0.1, 0.15) is 25.7 Å². The zero-order valence-corrected chi connectivity index (χ0v) is 16.4. The van der Waals surface area contributed by atoms with Crippen molar-refractivity contribution in [2.45, 2.75) is 43.8 Å². The Kier molecular flexibility index (Phi) is 12.4. The molecule has 0 aromatic heterocycles. The predicted octanol–water partition coefficient (Wildman–Crippen LogP) is -2.35. The molecule has 0 unspecified atom stereocenters. The summed E-state index contributed by atoms with van der Waals surface area (Å²) in [6.45, 7) is 0.301. The van der Waals surface area contributed by atoms with Gasteiger partial charge in [0.2, 0.25) is 11.8 Å². The van der Waals surface area contributed by atoms with Crippen LogP contribution in [0.3, 0.4) is 0 Å². The summed E-state index contributed by atoms with van der Waals surface area (Å²) in [6, 6.07) is -3.56. The van der Waals surface area contributed by atoms with Crippen LogP contribution >= 0.6 is 11.8 Å². The lowest BCUT2D eigenvalue weighted by molar-refractivity contribution is -0.147. The maximum absolute atomic E-state index is 12.4. The summed E-state index contributed by atoms with van der Waals surface area (Å²) >= 11 is 1.43. The highest BCUT2D eigenvalue weighted by molar-refractivity contribution is 7.98. The molecule has 28 heavy (non-hydrogen) atoms. The van der Waals surface area contributed by atoms with Crippen LogP contribution in [0, 0.1) is 0 Å². The van der Waals surface area contributed by atoms with Gasteiger partial charge >= 0.3 is 11.9 Å². The molecule has 0 aliphatic carbocycles. The second-order valence-electron chi connectivity index (χ2n) is 5.90. The second kappa shape index (κ2) is 13.6. The maximum atomic E-state index is 12.4. The molecule has 2 amide bonds. The van der Waals surface area contributed by atoms with E-state index in [1.807, 2.05) is 0 Å². The summed E-state index contributed by atoms with van der Waals surface area (Å²) in [5, 5.41) is 22.4. The average Bonchev–Trinajstić information content (AvgIpc) is 2.60. The number of hydrogen-bond acceptors (Lipinski definition) is 7. The first-order valence-corrected chi connectivity index (χ1v) is 9.83. The Hall–Kier alpha value is -2.54. The smallest absolute Gasteiger partial charge is 0.326 e. The molecule has 0 aliphatic heterocycles. The van der Waals surface area contributed by atoms with Gasteiger partial charge in [0, 0.05) is 6.54 Å². The quantitative estimate of drug-likeness (QED) is 0.0899. The highest BCUT2D eigenvalue weighted by Crippen LogP contribution is 2.04. The van der Waals surface area contributed by atoms with Gasteiger partial charge in [0.15, 0.2) is 5.96 Å². The van der Waals surface area contributed by atoms with Crippen LogP contribution in [0.2, 0.25) is 0 Å². The van der Waals surface area contributed by atoms with Gasteiger partial charge in [-0.15, -0.1) is 0 Å². The number of carbonyl (C=O) groups excluding carboxylic acids is 2. The van der Waals surface area contributed by atoms with Gasteiger partial charge in [0.1, 0.15) is 12.1 Å². The Labute approximate surface area is 166 Å². The number of carboxylic acid groups (broad SMARTS) is 2. The van der Waals surface area contributed by atoms with E-state index in [0.29, 0.717) is 18.7 Å². The molecular weight excluding hydrogens is 392 g/mol. The molecule has 0 saturated heterocycles. The molecule has 0 bridgehead atoms. The normalized spacial score (nSPS) is 13.6. The molecule has 0 aromatic carbocycles. The Bertz CT molecular complexity index is 583. The van der Waals surface area contributed by atoms with Crippen molar-refractivity contribution in [2.24, 2.45) is 22.2 Å². The molecule has 0 aliphatic rings. The zero-order valence-electron chi connectivity index (χ0n) is 15.6. The SMILES string of the molecule is CSCC[C@H](NC(=O)[C@@H](N)CCCN=C(N)N)C(=O)N[C@@H](CC(=O)O)C(=O)O. The number of thioether (sulfide) groups is 1. The zero-order chi connectivity index (χ0) is 21.7. The third kappa shape index (κ3) is 11.2. The van der Waals surface area contributed by atoms with Crippen molar-refractivity contribution >= 4 is 41.5 Å². The fraction of sp³-hybridized carbons (Fsp3) is 0.667. The van der Waals surface area contributed by atoms with Gasteiger partial charge in [-0.2, -0.15) is 11.8 Å². The lowest BCUT2D eigenvalue weighted by Gasteiger charge is -2.22. The van der Waals surface area contributed by atoms with Crippen molar-refractivity contribution in [1.82, 2.24) is 10.6 Å². The minimum absolute atomic E-state index is 0.0684. The van der Waals surface area contributed by atoms with E-state index < -0.39 is 48.3 Å². The summed E-state index contributed by atoms with van der Waals surface area (Å²) in [5.74, 6) is -3.79. The monoisotopic (exact) mass is 420 g/mol. The largest absolute Gasteiger partial charge is 0.481 e. The van der Waals surface area contributed by atoms with E-state index in [1.54, 1.807) is 6.26 Å². The van der Waals surface area contributed by atoms with E-state index in [4.69, 9.17) is 27.4 Å². The molecular formula is C15H28N6O6S. The molecule has 3 atom stereocenters. The average molecular weight is 420 g/mol. The Morgan fingerprint density at radius 1 is 1.04 bits per heavy atom. The van der Waals surface area contributed by atoms with Crippen LogP contribution in [0.4, 0.5) is 0 Å². The summed E-state index contributed by atoms with van der Waals surface area (Å²) in [6.07, 6.45) is 1.97. The Morgan fingerprint density at radius 3 is 2.14 bits per heavy atom. The number of carboxylic acids is 2. The van der Waals surface area contributed by atoms with Gasteiger partial charge in [-0.05, 0) is 31.3 Å². The van der Waals surface area contributed by atoms with Crippen LogP contribution < -0.4 is 27.8 Å². The standard InChI is InChI=1S/C15H28N6O6S/c1-28-6-4-9(13(25)21-10(14(26)27)7-11(22)23)20-12(24)8(16)3-2-5-19-15(17)18/h8-10H,2-7,16H2,1H3,(H,20,24)(H,21,25)(H,22,23)(H,26,27)(H4,17,18,19)/t8-,9-,10-/m0/s1. The first-order chi connectivity index (χ1) is 13.1. The minimum Gasteiger partial charge on any atom is -0.481 e. The van der Waals surface area contributed by atoms with Crippen LogP contribution in [-0.2, 0) is 19.2 Å². The molecule has 10 N–H and O–H groups in total. The fourth-order valence-electron chi connectivity index (χ4n) is 2.08. The minimum atomic E-state index is -1.60. The van der Waals surface area contributed by atoms with E-state index >= 15 is 0 Å².